The molecule has 0 fully saturated rings. The summed E-state index contributed by atoms with van der Waals surface area (Å²) in [5.74, 6) is 0.871. The lowest BCUT2D eigenvalue weighted by atomic mass is 10.1. The highest BCUT2D eigenvalue weighted by molar-refractivity contribution is 5.27. The second kappa shape index (κ2) is 5.04. The van der Waals surface area contributed by atoms with E-state index < -0.39 is 0 Å². The molecule has 0 unspecified atom stereocenters. The van der Waals surface area contributed by atoms with Gasteiger partial charge in [0, 0.05) is 12.1 Å². The van der Waals surface area contributed by atoms with Crippen molar-refractivity contribution >= 4 is 0 Å². The third kappa shape index (κ3) is 2.49. The molecular formula is C14H18N2O. The molecule has 0 aliphatic rings. The normalized spacial score (nSPS) is 10.5. The molecule has 3 heteroatoms. The minimum atomic E-state index is 0.596. The second-order valence-electron chi connectivity index (χ2n) is 4.16. The van der Waals surface area contributed by atoms with Crippen LogP contribution in [0.25, 0.3) is 0 Å². The fourth-order valence-electron chi connectivity index (χ4n) is 1.80. The van der Waals surface area contributed by atoms with Crippen molar-refractivity contribution in [3.63, 3.8) is 0 Å². The Morgan fingerprint density at radius 1 is 1.18 bits per heavy atom. The first kappa shape index (κ1) is 11.7. The van der Waals surface area contributed by atoms with E-state index in [1.807, 2.05) is 29.9 Å². The number of rotatable bonds is 4. The van der Waals surface area contributed by atoms with E-state index in [2.05, 4.69) is 31.1 Å². The number of nitrogens with zero attached hydrogens (tertiary/aromatic N) is 2. The molecule has 0 N–H and O–H groups in total. The monoisotopic (exact) mass is 230 g/mol. The molecule has 17 heavy (non-hydrogen) atoms. The second-order valence-corrected chi connectivity index (χ2v) is 4.16. The molecule has 1 aromatic carbocycles. The van der Waals surface area contributed by atoms with Crippen LogP contribution >= 0.6 is 0 Å². The van der Waals surface area contributed by atoms with Gasteiger partial charge in [-0.2, -0.15) is 5.10 Å². The van der Waals surface area contributed by atoms with Crippen molar-refractivity contribution in [1.29, 1.82) is 0 Å². The maximum absolute atomic E-state index is 5.87. The number of hydrogen-bond acceptors (Lipinski definition) is 2. The third-order valence-electron chi connectivity index (χ3n) is 2.89. The summed E-state index contributed by atoms with van der Waals surface area (Å²) >= 11 is 0. The zero-order valence-electron chi connectivity index (χ0n) is 10.6. The van der Waals surface area contributed by atoms with Crippen LogP contribution in [0.5, 0.6) is 5.88 Å². The van der Waals surface area contributed by atoms with Gasteiger partial charge in [0.2, 0.25) is 5.88 Å². The van der Waals surface area contributed by atoms with Gasteiger partial charge in [-0.15, -0.1) is 0 Å². The van der Waals surface area contributed by atoms with E-state index in [9.17, 15) is 0 Å². The van der Waals surface area contributed by atoms with E-state index in [1.165, 1.54) is 11.1 Å². The highest BCUT2D eigenvalue weighted by Gasteiger charge is 2.08. The molecule has 0 bridgehead atoms. The van der Waals surface area contributed by atoms with Crippen molar-refractivity contribution in [2.75, 3.05) is 0 Å². The van der Waals surface area contributed by atoms with Crippen LogP contribution in [0.1, 0.15) is 23.6 Å². The number of aromatic nitrogens is 2. The summed E-state index contributed by atoms with van der Waals surface area (Å²) in [4.78, 5) is 0. The van der Waals surface area contributed by atoms with Gasteiger partial charge in [0.05, 0.1) is 6.20 Å². The van der Waals surface area contributed by atoms with Gasteiger partial charge in [0.1, 0.15) is 6.61 Å². The molecule has 0 saturated carbocycles. The molecule has 0 saturated heterocycles. The molecule has 0 amide bonds. The van der Waals surface area contributed by atoms with Gasteiger partial charge in [-0.05, 0) is 31.9 Å². The summed E-state index contributed by atoms with van der Waals surface area (Å²) in [6.07, 6.45) is 1.84. The molecule has 3 nitrogen and oxygen atoms in total. The molecule has 2 aromatic rings. The number of benzene rings is 1. The molecule has 1 aromatic heterocycles. The largest absolute Gasteiger partial charge is 0.473 e. The Hall–Kier alpha value is -1.77. The predicted molar refractivity (Wildman–Crippen MR) is 68.1 cm³/mol. The van der Waals surface area contributed by atoms with Gasteiger partial charge in [0.25, 0.3) is 0 Å². The highest BCUT2D eigenvalue weighted by Crippen LogP contribution is 2.19. The third-order valence-corrected chi connectivity index (χ3v) is 2.89. The summed E-state index contributed by atoms with van der Waals surface area (Å²) in [6, 6.07) is 8.27. The molecule has 0 radical (unpaired) electrons. The van der Waals surface area contributed by atoms with Crippen LogP contribution in [-0.4, -0.2) is 9.78 Å². The Morgan fingerprint density at radius 2 is 1.94 bits per heavy atom. The Morgan fingerprint density at radius 3 is 2.65 bits per heavy atom. The molecule has 1 heterocycles. The Bertz CT molecular complexity index is 503. The van der Waals surface area contributed by atoms with Crippen molar-refractivity contribution in [1.82, 2.24) is 9.78 Å². The van der Waals surface area contributed by atoms with E-state index in [0.29, 0.717) is 6.61 Å². The first-order chi connectivity index (χ1) is 8.22. The maximum Gasteiger partial charge on any atom is 0.215 e. The van der Waals surface area contributed by atoms with E-state index in [0.717, 1.165) is 18.0 Å². The summed E-state index contributed by atoms with van der Waals surface area (Å²) in [5.41, 5.74) is 3.56. The zero-order chi connectivity index (χ0) is 12.3. The van der Waals surface area contributed by atoms with Crippen LogP contribution in [0.4, 0.5) is 0 Å². The molecule has 0 aliphatic carbocycles. The standard InChI is InChI=1S/C14H18N2O/c1-4-16-14(12(3)9-15-16)17-10-13-8-6-5-7-11(13)2/h5-9H,4,10H2,1-3H3. The number of aryl methyl sites for hydroxylation is 3. The van der Waals surface area contributed by atoms with Crippen molar-refractivity contribution in [3.8, 4) is 5.88 Å². The molecule has 0 atom stereocenters. The quantitative estimate of drug-likeness (QED) is 0.807. The molecule has 90 valence electrons. The number of ether oxygens (including phenoxy) is 1. The average molecular weight is 230 g/mol. The maximum atomic E-state index is 5.87. The first-order valence-electron chi connectivity index (χ1n) is 5.92. The van der Waals surface area contributed by atoms with Crippen LogP contribution in [-0.2, 0) is 13.2 Å². The van der Waals surface area contributed by atoms with Gasteiger partial charge >= 0.3 is 0 Å². The van der Waals surface area contributed by atoms with E-state index in [1.54, 1.807) is 0 Å². The van der Waals surface area contributed by atoms with Gasteiger partial charge in [-0.25, -0.2) is 4.68 Å². The summed E-state index contributed by atoms with van der Waals surface area (Å²) in [7, 11) is 0. The average Bonchev–Trinajstić information content (AvgIpc) is 2.69. The van der Waals surface area contributed by atoms with Crippen LogP contribution in [0.15, 0.2) is 30.5 Å². The Balaban J connectivity index is 2.12. The van der Waals surface area contributed by atoms with Crippen LogP contribution in [0, 0.1) is 13.8 Å². The Labute approximate surface area is 102 Å². The summed E-state index contributed by atoms with van der Waals surface area (Å²) in [6.45, 7) is 7.61. The first-order valence-corrected chi connectivity index (χ1v) is 5.92. The van der Waals surface area contributed by atoms with Gasteiger partial charge < -0.3 is 4.74 Å². The summed E-state index contributed by atoms with van der Waals surface area (Å²) in [5, 5.41) is 4.26. The van der Waals surface area contributed by atoms with Crippen LogP contribution in [0.3, 0.4) is 0 Å². The van der Waals surface area contributed by atoms with Gasteiger partial charge in [-0.1, -0.05) is 24.3 Å². The lowest BCUT2D eigenvalue weighted by molar-refractivity contribution is 0.271. The SMILES string of the molecule is CCn1ncc(C)c1OCc1ccccc1C. The lowest BCUT2D eigenvalue weighted by Crippen LogP contribution is -2.05. The zero-order valence-corrected chi connectivity index (χ0v) is 10.6. The van der Waals surface area contributed by atoms with Crippen molar-refractivity contribution in [2.45, 2.75) is 33.9 Å². The Kier molecular flexibility index (Phi) is 3.47. The van der Waals surface area contributed by atoms with Crippen LogP contribution in [0.2, 0.25) is 0 Å². The lowest BCUT2D eigenvalue weighted by Gasteiger charge is -2.10. The van der Waals surface area contributed by atoms with E-state index in [4.69, 9.17) is 4.74 Å². The van der Waals surface area contributed by atoms with Crippen molar-refractivity contribution < 1.29 is 4.74 Å². The topological polar surface area (TPSA) is 27.1 Å². The summed E-state index contributed by atoms with van der Waals surface area (Å²) < 4.78 is 7.75. The fraction of sp³-hybridized carbons (Fsp3) is 0.357. The predicted octanol–water partition coefficient (Wildman–Crippen LogP) is 3.10. The molecule has 0 aliphatic heterocycles. The van der Waals surface area contributed by atoms with Crippen molar-refractivity contribution in [2.24, 2.45) is 0 Å². The molecule has 2 rings (SSSR count). The number of hydrogen-bond donors (Lipinski definition) is 0. The minimum Gasteiger partial charge on any atom is -0.473 e. The molecule has 0 spiro atoms. The fourth-order valence-corrected chi connectivity index (χ4v) is 1.80. The molecular weight excluding hydrogens is 212 g/mol. The van der Waals surface area contributed by atoms with E-state index >= 15 is 0 Å². The van der Waals surface area contributed by atoms with Gasteiger partial charge in [-0.3, -0.25) is 0 Å². The van der Waals surface area contributed by atoms with Crippen LogP contribution < -0.4 is 4.74 Å². The van der Waals surface area contributed by atoms with E-state index in [-0.39, 0.29) is 0 Å². The van der Waals surface area contributed by atoms with Gasteiger partial charge in [0.15, 0.2) is 0 Å². The smallest absolute Gasteiger partial charge is 0.215 e. The van der Waals surface area contributed by atoms with Crippen molar-refractivity contribution in [3.05, 3.63) is 47.2 Å². The minimum absolute atomic E-state index is 0.596. The highest BCUT2D eigenvalue weighted by atomic mass is 16.5.